The normalized spacial score (nSPS) is 15.2. The van der Waals surface area contributed by atoms with Gasteiger partial charge in [-0.25, -0.2) is 17.6 Å². The van der Waals surface area contributed by atoms with Gasteiger partial charge in [-0.15, -0.1) is 0 Å². The quantitative estimate of drug-likeness (QED) is 0.489. The maximum absolute atomic E-state index is 13.4. The summed E-state index contributed by atoms with van der Waals surface area (Å²) in [6, 6.07) is 11.9. The molecule has 0 radical (unpaired) electrons. The van der Waals surface area contributed by atoms with Crippen molar-refractivity contribution in [2.75, 3.05) is 22.7 Å². The first-order valence-corrected chi connectivity index (χ1v) is 11.6. The van der Waals surface area contributed by atoms with Crippen LogP contribution in [0.3, 0.4) is 0 Å². The fourth-order valence-corrected chi connectivity index (χ4v) is 5.07. The van der Waals surface area contributed by atoms with Gasteiger partial charge in [0.2, 0.25) is 0 Å². The lowest BCUT2D eigenvalue weighted by atomic mass is 10.2. The van der Waals surface area contributed by atoms with Crippen LogP contribution in [0.2, 0.25) is 0 Å². The first-order valence-electron chi connectivity index (χ1n) is 10.1. The number of carbonyl (C=O) groups is 2. The highest BCUT2D eigenvalue weighted by molar-refractivity contribution is 7.92. The molecule has 1 aromatic heterocycles. The fourth-order valence-electron chi connectivity index (χ4n) is 3.58. The van der Waals surface area contributed by atoms with Gasteiger partial charge in [-0.2, -0.15) is 0 Å². The summed E-state index contributed by atoms with van der Waals surface area (Å²) in [5, 5.41) is 13.9. The van der Waals surface area contributed by atoms with Gasteiger partial charge in [-0.05, 0) is 54.6 Å². The van der Waals surface area contributed by atoms with E-state index >= 15 is 0 Å². The minimum atomic E-state index is -4.16. The van der Waals surface area contributed by atoms with Crippen LogP contribution in [0.15, 0.2) is 65.7 Å². The van der Waals surface area contributed by atoms with E-state index in [2.05, 4.69) is 10.6 Å². The van der Waals surface area contributed by atoms with Crippen molar-refractivity contribution < 1.29 is 32.2 Å². The number of carbonyl (C=O) groups excluding carboxylic acids is 1. The van der Waals surface area contributed by atoms with Crippen molar-refractivity contribution in [3.8, 4) is 5.75 Å². The monoisotopic (exact) mass is 488 g/mol. The van der Waals surface area contributed by atoms with E-state index in [1.165, 1.54) is 18.2 Å². The molecule has 1 atom stereocenters. The number of hydrogen-bond acceptors (Lipinski definition) is 5. The predicted molar refractivity (Wildman–Crippen MR) is 121 cm³/mol. The molecule has 2 heterocycles. The highest BCUT2D eigenvalue weighted by atomic mass is 32.2. The Morgan fingerprint density at radius 1 is 1.18 bits per heavy atom. The average Bonchev–Trinajstić information content (AvgIpc) is 3.22. The first-order chi connectivity index (χ1) is 16.1. The summed E-state index contributed by atoms with van der Waals surface area (Å²) < 4.78 is 48.9. The fraction of sp³-hybridized carbons (Fsp3) is 0.182. The molecule has 0 aliphatic carbocycles. The van der Waals surface area contributed by atoms with Gasteiger partial charge in [-0.3, -0.25) is 14.4 Å². The second-order valence-electron chi connectivity index (χ2n) is 7.56. The summed E-state index contributed by atoms with van der Waals surface area (Å²) in [4.78, 5) is 23.4. The molecular formula is C22H21FN4O6S. The average molecular weight is 488 g/mol. The molecule has 3 N–H and O–H groups in total. The molecule has 3 aromatic rings. The van der Waals surface area contributed by atoms with Gasteiger partial charge in [0, 0.05) is 18.9 Å². The number of aromatic nitrogens is 1. The Morgan fingerprint density at radius 3 is 2.56 bits per heavy atom. The number of benzene rings is 2. The lowest BCUT2D eigenvalue weighted by molar-refractivity contribution is 0.0919. The number of sulfonamides is 1. The van der Waals surface area contributed by atoms with Crippen LogP contribution in [0.4, 0.5) is 20.6 Å². The van der Waals surface area contributed by atoms with E-state index in [4.69, 9.17) is 9.84 Å². The van der Waals surface area contributed by atoms with Gasteiger partial charge in [-0.1, -0.05) is 0 Å². The van der Waals surface area contributed by atoms with Crippen LogP contribution in [-0.4, -0.2) is 49.3 Å². The number of halogens is 1. The molecule has 2 aromatic carbocycles. The summed E-state index contributed by atoms with van der Waals surface area (Å²) in [6.07, 6.45) is -0.335. The number of anilines is 2. The second-order valence-corrected chi connectivity index (χ2v) is 9.42. The third kappa shape index (κ3) is 4.66. The summed E-state index contributed by atoms with van der Waals surface area (Å²) >= 11 is 0. The highest BCUT2D eigenvalue weighted by Gasteiger charge is 2.35. The maximum atomic E-state index is 13.4. The summed E-state index contributed by atoms with van der Waals surface area (Å²) in [7, 11) is -2.44. The summed E-state index contributed by atoms with van der Waals surface area (Å²) in [5.41, 5.74) is 0.682. The van der Waals surface area contributed by atoms with Gasteiger partial charge >= 0.3 is 6.09 Å². The molecule has 0 bridgehead atoms. The molecule has 2 amide bonds. The maximum Gasteiger partial charge on any atom is 0.409 e. The number of hydrogen-bond donors (Lipinski definition) is 3. The van der Waals surface area contributed by atoms with Crippen molar-refractivity contribution in [1.82, 2.24) is 9.88 Å². The van der Waals surface area contributed by atoms with Crippen LogP contribution in [-0.2, 0) is 17.1 Å². The Balaban J connectivity index is 1.65. The third-order valence-corrected chi connectivity index (χ3v) is 7.00. The smallest absolute Gasteiger partial charge is 0.409 e. The highest BCUT2D eigenvalue weighted by Crippen LogP contribution is 2.39. The van der Waals surface area contributed by atoms with E-state index in [-0.39, 0.29) is 41.0 Å². The van der Waals surface area contributed by atoms with Crippen LogP contribution in [0.1, 0.15) is 10.5 Å². The Morgan fingerprint density at radius 2 is 1.91 bits per heavy atom. The molecule has 12 heteroatoms. The zero-order valence-electron chi connectivity index (χ0n) is 17.9. The van der Waals surface area contributed by atoms with E-state index in [0.717, 1.165) is 28.6 Å². The number of nitrogens with zero attached hydrogens (tertiary/aromatic N) is 2. The van der Waals surface area contributed by atoms with Gasteiger partial charge in [0.15, 0.2) is 0 Å². The van der Waals surface area contributed by atoms with Gasteiger partial charge in [0.25, 0.3) is 15.9 Å². The number of fused-ring (bicyclic) bond motifs is 1. The molecule has 0 spiro atoms. The van der Waals surface area contributed by atoms with Crippen molar-refractivity contribution in [2.45, 2.75) is 11.0 Å². The molecule has 1 aliphatic rings. The van der Waals surface area contributed by atoms with Gasteiger partial charge in [0.05, 0.1) is 23.7 Å². The summed E-state index contributed by atoms with van der Waals surface area (Å²) in [5.74, 6) is -0.752. The number of aryl methyl sites for hydroxylation is 1. The topological polar surface area (TPSA) is 130 Å². The van der Waals surface area contributed by atoms with E-state index in [1.807, 2.05) is 0 Å². The van der Waals surface area contributed by atoms with Crippen molar-refractivity contribution in [1.29, 1.82) is 0 Å². The number of nitrogens with one attached hydrogen (secondary N) is 2. The lowest BCUT2D eigenvalue weighted by Crippen LogP contribution is -2.48. The zero-order chi connectivity index (χ0) is 24.5. The van der Waals surface area contributed by atoms with Crippen molar-refractivity contribution in [3.05, 3.63) is 72.3 Å². The van der Waals surface area contributed by atoms with Crippen LogP contribution < -0.4 is 19.7 Å². The zero-order valence-corrected chi connectivity index (χ0v) is 18.8. The number of carboxylic acid groups (broad SMARTS) is 1. The van der Waals surface area contributed by atoms with Crippen LogP contribution in [0.25, 0.3) is 0 Å². The van der Waals surface area contributed by atoms with Crippen LogP contribution in [0, 0.1) is 5.82 Å². The lowest BCUT2D eigenvalue weighted by Gasteiger charge is -2.35. The molecule has 1 aliphatic heterocycles. The number of rotatable bonds is 6. The Hall–Kier alpha value is -4.06. The largest absolute Gasteiger partial charge is 0.484 e. The van der Waals surface area contributed by atoms with E-state index in [9.17, 15) is 22.4 Å². The number of amides is 2. The van der Waals surface area contributed by atoms with E-state index < -0.39 is 28.0 Å². The Labute approximate surface area is 194 Å². The molecule has 10 nitrogen and oxygen atoms in total. The minimum Gasteiger partial charge on any atom is -0.484 e. The number of ether oxygens (including phenoxy) is 1. The molecule has 34 heavy (non-hydrogen) atoms. The molecule has 1 unspecified atom stereocenters. The van der Waals surface area contributed by atoms with Gasteiger partial charge < -0.3 is 19.7 Å². The molecule has 0 saturated carbocycles. The molecule has 178 valence electrons. The van der Waals surface area contributed by atoms with Crippen LogP contribution in [0.5, 0.6) is 5.75 Å². The minimum absolute atomic E-state index is 0.00795. The molecule has 0 fully saturated rings. The Bertz CT molecular complexity index is 1340. The van der Waals surface area contributed by atoms with Crippen molar-refractivity contribution in [2.24, 2.45) is 7.05 Å². The standard InChI is InChI=1S/C22H21FN4O6S/c1-26-10-2-3-18(26)21(28)24-12-16-13-27(34(31,32)17-7-4-14(23)5-8-17)19-11-15(25-22(29)30)6-9-20(19)33-16/h2-11,16,25H,12-13H2,1H3,(H,24,28)(H,29,30). The van der Waals surface area contributed by atoms with Crippen LogP contribution >= 0.6 is 0 Å². The SMILES string of the molecule is Cn1cccc1C(=O)NCC1CN(S(=O)(=O)c2ccc(F)cc2)c2cc(NC(=O)O)ccc2O1. The molecule has 4 rings (SSSR count). The third-order valence-electron chi connectivity index (χ3n) is 5.21. The second kappa shape index (κ2) is 9.06. The van der Waals surface area contributed by atoms with E-state index in [1.54, 1.807) is 29.9 Å². The summed E-state index contributed by atoms with van der Waals surface area (Å²) in [6.45, 7) is -0.162. The molecular weight excluding hydrogens is 467 g/mol. The van der Waals surface area contributed by atoms with Crippen molar-refractivity contribution >= 4 is 33.4 Å². The predicted octanol–water partition coefficient (Wildman–Crippen LogP) is 2.64. The van der Waals surface area contributed by atoms with E-state index in [0.29, 0.717) is 5.69 Å². The Kier molecular flexibility index (Phi) is 6.16. The first kappa shape index (κ1) is 23.1. The van der Waals surface area contributed by atoms with Crippen molar-refractivity contribution in [3.63, 3.8) is 0 Å². The molecule has 0 saturated heterocycles. The van der Waals surface area contributed by atoms with Gasteiger partial charge in [0.1, 0.15) is 23.4 Å².